The van der Waals surface area contributed by atoms with Gasteiger partial charge in [-0.25, -0.2) is 4.98 Å². The van der Waals surface area contributed by atoms with Crippen molar-refractivity contribution in [1.29, 1.82) is 0 Å². The summed E-state index contributed by atoms with van der Waals surface area (Å²) in [6.07, 6.45) is 1.63. The summed E-state index contributed by atoms with van der Waals surface area (Å²) in [6.45, 7) is -15.1. The molecule has 0 fully saturated rings. The third kappa shape index (κ3) is 8.61. The number of pyridine rings is 1. The van der Waals surface area contributed by atoms with E-state index in [4.69, 9.17) is 38.8 Å². The molecule has 0 radical (unpaired) electrons. The van der Waals surface area contributed by atoms with Crippen LogP contribution >= 0.6 is 0 Å². The minimum atomic E-state index is -4.15. The Morgan fingerprint density at radius 2 is 1.17 bits per heavy atom. The first-order valence-electron chi connectivity index (χ1n) is 31.1. The van der Waals surface area contributed by atoms with Crippen LogP contribution in [0.2, 0.25) is 0 Å². The molecule has 2 aromatic heterocycles. The lowest BCUT2D eigenvalue weighted by molar-refractivity contribution is 0.446. The largest absolute Gasteiger partial charge is 0.507 e. The molecule has 0 aliphatic rings. The summed E-state index contributed by atoms with van der Waals surface area (Å²) in [7, 11) is 0. The van der Waals surface area contributed by atoms with E-state index in [1.54, 1.807) is 66.9 Å². The van der Waals surface area contributed by atoms with Crippen LogP contribution < -0.4 is 0 Å². The Hall–Kier alpha value is -6.26. The SMILES string of the molecule is [2H]C([2H])([2H])c1ccc(-c2ccnc(-c3cc(-c4cccc5c4nc(-c4cc(C(C([2H])([2H])[2H])(C([2H])([2H])[2H])C([2H])([2H])[2H])cc(C(C([2H])([2H])[2H])(C([2H])([2H])[2H])C([2H])([2H])[2H])c4O)n5-c4ccc(-c5ccccc5)cc4C(C)(C)C)cc(C(C)(C)C)c3)c2)cc1. The zero-order valence-electron chi connectivity index (χ0n) is 57.1. The van der Waals surface area contributed by atoms with Gasteiger partial charge in [-0.05, 0) is 122 Å². The molecule has 0 unspecified atom stereocenters. The minimum absolute atomic E-state index is 0.154. The van der Waals surface area contributed by atoms with Gasteiger partial charge in [-0.3, -0.25) is 9.55 Å². The molecule has 0 atom stereocenters. The van der Waals surface area contributed by atoms with Crippen LogP contribution in [0.25, 0.3) is 72.7 Å². The molecule has 8 aromatic rings. The Morgan fingerprint density at radius 3 is 1.86 bits per heavy atom. The van der Waals surface area contributed by atoms with Crippen molar-refractivity contribution in [2.24, 2.45) is 0 Å². The van der Waals surface area contributed by atoms with E-state index < -0.39 is 97.9 Å². The van der Waals surface area contributed by atoms with Crippen LogP contribution in [0.4, 0.5) is 0 Å². The maximum Gasteiger partial charge on any atom is 0.149 e. The highest BCUT2D eigenvalue weighted by molar-refractivity contribution is 5.97. The molecule has 8 rings (SSSR count). The van der Waals surface area contributed by atoms with Crippen LogP contribution in [0.5, 0.6) is 5.75 Å². The Kier molecular flexibility index (Phi) is 6.17. The molecule has 6 aromatic carbocycles. The number of aromatic hydroxyl groups is 1. The van der Waals surface area contributed by atoms with Gasteiger partial charge in [0.2, 0.25) is 0 Å². The number of phenols is 1. The number of hydrogen-bond acceptors (Lipinski definition) is 3. The zero-order valence-corrected chi connectivity index (χ0v) is 36.1. The maximum absolute atomic E-state index is 13.1. The fourth-order valence-corrected chi connectivity index (χ4v) is 8.00. The molecule has 0 aliphatic carbocycles. The summed E-state index contributed by atoms with van der Waals surface area (Å²) in [6, 6.07) is 37.0. The number of nitrogens with zero attached hydrogens (tertiary/aromatic N) is 3. The second-order valence-electron chi connectivity index (χ2n) is 18.3. The molecule has 2 heterocycles. The fourth-order valence-electron chi connectivity index (χ4n) is 8.00. The average Bonchev–Trinajstić information content (AvgIpc) is 0.888. The van der Waals surface area contributed by atoms with Gasteiger partial charge in [0.25, 0.3) is 0 Å². The van der Waals surface area contributed by atoms with Crippen molar-refractivity contribution < 1.29 is 33.9 Å². The quantitative estimate of drug-likeness (QED) is 0.181. The highest BCUT2D eigenvalue weighted by Crippen LogP contribution is 2.46. The molecular formula is C59H63N3O. The number of benzene rings is 6. The number of aryl methyl sites for hydroxylation is 1. The molecule has 320 valence electrons. The molecule has 0 spiro atoms. The van der Waals surface area contributed by atoms with E-state index in [-0.39, 0.29) is 22.7 Å². The Morgan fingerprint density at radius 1 is 0.508 bits per heavy atom. The topological polar surface area (TPSA) is 50.9 Å². The van der Waals surface area contributed by atoms with Crippen LogP contribution in [0.1, 0.15) is 139 Å². The summed E-state index contributed by atoms with van der Waals surface area (Å²) < 4.78 is 183. The van der Waals surface area contributed by atoms with Gasteiger partial charge in [0.05, 0.1) is 28.0 Å². The summed E-state index contributed by atoms with van der Waals surface area (Å²) >= 11 is 0. The molecule has 0 bridgehead atoms. The molecule has 0 amide bonds. The molecule has 0 saturated heterocycles. The van der Waals surface area contributed by atoms with Gasteiger partial charge in [0.1, 0.15) is 11.6 Å². The normalized spacial score (nSPS) is 18.9. The first-order chi connectivity index (χ1) is 38.3. The van der Waals surface area contributed by atoms with Gasteiger partial charge in [-0.2, -0.15) is 0 Å². The predicted molar refractivity (Wildman–Crippen MR) is 267 cm³/mol. The molecule has 1 N–H and O–H groups in total. The van der Waals surface area contributed by atoms with Crippen molar-refractivity contribution in [2.45, 2.75) is 111 Å². The number of aromatic nitrogens is 3. The number of phenolic OH excluding ortho intramolecular Hbond substituents is 1. The first kappa shape index (κ1) is 24.5. The Balaban J connectivity index is 1.58. The minimum Gasteiger partial charge on any atom is -0.507 e. The molecular weight excluding hydrogens is 767 g/mol. The lowest BCUT2D eigenvalue weighted by atomic mass is 9.78. The van der Waals surface area contributed by atoms with Gasteiger partial charge in [0.15, 0.2) is 0 Å². The lowest BCUT2D eigenvalue weighted by Gasteiger charge is -2.28. The number of hydrogen-bond donors (Lipinski definition) is 1. The summed E-state index contributed by atoms with van der Waals surface area (Å²) in [5, 5.41) is 13.1. The van der Waals surface area contributed by atoms with E-state index in [9.17, 15) is 5.11 Å². The van der Waals surface area contributed by atoms with Gasteiger partial charge in [-0.1, -0.05) is 173 Å². The van der Waals surface area contributed by atoms with Gasteiger partial charge < -0.3 is 5.11 Å². The predicted octanol–water partition coefficient (Wildman–Crippen LogP) is 16.0. The van der Waals surface area contributed by atoms with E-state index >= 15 is 0 Å². The molecule has 63 heavy (non-hydrogen) atoms. The molecule has 0 saturated carbocycles. The van der Waals surface area contributed by atoms with E-state index in [1.165, 1.54) is 4.57 Å². The van der Waals surface area contributed by atoms with Crippen LogP contribution in [-0.2, 0) is 21.7 Å². The molecule has 4 nitrogen and oxygen atoms in total. The van der Waals surface area contributed by atoms with Crippen molar-refractivity contribution in [1.82, 2.24) is 14.5 Å². The second kappa shape index (κ2) is 15.8. The molecule has 4 heteroatoms. The van der Waals surface area contributed by atoms with E-state index in [0.717, 1.165) is 27.8 Å². The summed E-state index contributed by atoms with van der Waals surface area (Å²) in [5.74, 6) is -1.79. The smallest absolute Gasteiger partial charge is 0.149 e. The second-order valence-corrected chi connectivity index (χ2v) is 18.3. The average molecular weight is 851 g/mol. The van der Waals surface area contributed by atoms with Crippen LogP contribution in [-0.4, -0.2) is 19.6 Å². The Labute approximate surface area is 405 Å². The van der Waals surface area contributed by atoms with Gasteiger partial charge in [0, 0.05) is 51.7 Å². The lowest BCUT2D eigenvalue weighted by Crippen LogP contribution is -2.18. The highest BCUT2D eigenvalue weighted by Gasteiger charge is 2.30. The highest BCUT2D eigenvalue weighted by atomic mass is 16.3. The monoisotopic (exact) mass is 851 g/mol. The van der Waals surface area contributed by atoms with Crippen molar-refractivity contribution in [2.75, 3.05) is 0 Å². The van der Waals surface area contributed by atoms with Crippen molar-refractivity contribution in [3.8, 4) is 67.5 Å². The van der Waals surface area contributed by atoms with Crippen molar-refractivity contribution in [3.63, 3.8) is 0 Å². The van der Waals surface area contributed by atoms with Gasteiger partial charge >= 0.3 is 0 Å². The standard InChI is InChI=1S/C59H63N3O/c1-37-22-24-39(25-23-37)41-28-29-60-50(34-41)43-30-42(31-44(32-43)56(2,3)4)46-20-17-21-52-53(46)61-55(47-35-45(57(5,6)7)36-49(54(47)63)59(11,12)13)62(52)51-27-26-40(33-48(51)58(8,9)10)38-18-15-14-16-19-38/h14-36,63H,1-13H3/i1D3,5D3,6D3,7D3,11D3,12D3,13D3. The van der Waals surface area contributed by atoms with E-state index in [0.29, 0.717) is 39.7 Å². The van der Waals surface area contributed by atoms with Crippen LogP contribution in [0.15, 0.2) is 140 Å². The summed E-state index contributed by atoms with van der Waals surface area (Å²) in [5.41, 5.74) is -5.41. The zero-order chi connectivity index (χ0) is 62.7. The van der Waals surface area contributed by atoms with Crippen LogP contribution in [0.3, 0.4) is 0 Å². The Bertz CT molecular complexity index is 3700. The number of rotatable bonds is 6. The molecule has 0 aliphatic heterocycles. The number of imidazole rings is 1. The van der Waals surface area contributed by atoms with Gasteiger partial charge in [-0.15, -0.1) is 0 Å². The van der Waals surface area contributed by atoms with E-state index in [1.807, 2.05) is 102 Å². The third-order valence-electron chi connectivity index (χ3n) is 11.4. The summed E-state index contributed by atoms with van der Waals surface area (Å²) in [4.78, 5) is 9.96. The van der Waals surface area contributed by atoms with Crippen molar-refractivity contribution >= 4 is 11.0 Å². The first-order valence-corrected chi connectivity index (χ1v) is 20.6. The third-order valence-corrected chi connectivity index (χ3v) is 11.4. The number of para-hydroxylation sites is 1. The fraction of sp³-hybridized carbons (Fsp3) is 0.288. The van der Waals surface area contributed by atoms with Crippen LogP contribution in [0, 0.1) is 6.85 Å². The van der Waals surface area contributed by atoms with Crippen molar-refractivity contribution in [3.05, 3.63) is 167 Å². The maximum atomic E-state index is 13.1. The van der Waals surface area contributed by atoms with E-state index in [2.05, 4.69) is 0 Å². The number of fused-ring (bicyclic) bond motifs is 1.